The SMILES string of the molecule is CCCc1ccc(N(c2ccc(CCC)cc2)c2ccc(-c3ccc(-c4ccc(/C=C(\C#N)C(=O)O)s4)s3)cc2)cc1. The molecule has 2 aromatic heterocycles. The van der Waals surface area contributed by atoms with Gasteiger partial charge in [0.05, 0.1) is 0 Å². The van der Waals surface area contributed by atoms with Crippen molar-refractivity contribution in [2.45, 2.75) is 39.5 Å². The van der Waals surface area contributed by atoms with Gasteiger partial charge in [0.1, 0.15) is 11.6 Å². The van der Waals surface area contributed by atoms with E-state index in [1.54, 1.807) is 17.4 Å². The van der Waals surface area contributed by atoms with E-state index in [-0.39, 0.29) is 5.57 Å². The van der Waals surface area contributed by atoms with Crippen LogP contribution in [0.15, 0.2) is 103 Å². The van der Waals surface area contributed by atoms with E-state index in [0.29, 0.717) is 0 Å². The first-order valence-electron chi connectivity index (χ1n) is 14.1. The van der Waals surface area contributed by atoms with E-state index >= 15 is 0 Å². The minimum atomic E-state index is -1.21. The van der Waals surface area contributed by atoms with Crippen LogP contribution in [0.3, 0.4) is 0 Å². The number of nitriles is 1. The van der Waals surface area contributed by atoms with Gasteiger partial charge in [0, 0.05) is 36.6 Å². The molecule has 0 aliphatic heterocycles. The molecule has 0 bridgehead atoms. The summed E-state index contributed by atoms with van der Waals surface area (Å²) in [6.45, 7) is 4.41. The van der Waals surface area contributed by atoms with E-state index in [4.69, 9.17) is 10.4 Å². The van der Waals surface area contributed by atoms with Gasteiger partial charge in [-0.15, -0.1) is 22.7 Å². The summed E-state index contributed by atoms with van der Waals surface area (Å²) in [6, 6.07) is 36.3. The molecule has 0 amide bonds. The predicted molar refractivity (Wildman–Crippen MR) is 177 cm³/mol. The molecule has 5 aromatic rings. The van der Waals surface area contributed by atoms with E-state index in [9.17, 15) is 4.79 Å². The Morgan fingerprint density at radius 2 is 1.19 bits per heavy atom. The van der Waals surface area contributed by atoms with Gasteiger partial charge in [-0.25, -0.2) is 4.79 Å². The smallest absolute Gasteiger partial charge is 0.346 e. The molecule has 6 heteroatoms. The van der Waals surface area contributed by atoms with Gasteiger partial charge in [0.15, 0.2) is 0 Å². The number of anilines is 3. The zero-order chi connectivity index (χ0) is 29.5. The fourth-order valence-electron chi connectivity index (χ4n) is 4.90. The molecule has 0 radical (unpaired) electrons. The summed E-state index contributed by atoms with van der Waals surface area (Å²) in [5.41, 5.74) is 6.94. The third-order valence-corrected chi connectivity index (χ3v) is 9.35. The van der Waals surface area contributed by atoms with Crippen LogP contribution in [0, 0.1) is 11.3 Å². The number of hydrogen-bond donors (Lipinski definition) is 1. The van der Waals surface area contributed by atoms with Crippen LogP contribution in [-0.2, 0) is 17.6 Å². The quantitative estimate of drug-likeness (QED) is 0.123. The normalized spacial score (nSPS) is 11.3. The summed E-state index contributed by atoms with van der Waals surface area (Å²) in [4.78, 5) is 17.5. The molecule has 0 saturated carbocycles. The van der Waals surface area contributed by atoms with Gasteiger partial charge in [0.2, 0.25) is 0 Å². The molecular formula is C36H32N2O2S2. The van der Waals surface area contributed by atoms with Crippen LogP contribution in [0.1, 0.15) is 42.7 Å². The van der Waals surface area contributed by atoms with Crippen LogP contribution in [0.5, 0.6) is 0 Å². The number of aryl methyl sites for hydroxylation is 2. The Morgan fingerprint density at radius 3 is 1.69 bits per heavy atom. The highest BCUT2D eigenvalue weighted by atomic mass is 32.1. The number of nitrogens with zero attached hydrogens (tertiary/aromatic N) is 2. The number of benzene rings is 3. The lowest BCUT2D eigenvalue weighted by Crippen LogP contribution is -2.10. The zero-order valence-electron chi connectivity index (χ0n) is 23.7. The van der Waals surface area contributed by atoms with Crippen LogP contribution >= 0.6 is 22.7 Å². The van der Waals surface area contributed by atoms with Crippen molar-refractivity contribution in [3.8, 4) is 26.3 Å². The summed E-state index contributed by atoms with van der Waals surface area (Å²) in [6.07, 6.45) is 5.84. The summed E-state index contributed by atoms with van der Waals surface area (Å²) in [5, 5.41) is 18.2. The number of carbonyl (C=O) groups is 1. The lowest BCUT2D eigenvalue weighted by Gasteiger charge is -2.26. The molecule has 210 valence electrons. The number of carboxylic acid groups (broad SMARTS) is 1. The Hall–Kier alpha value is -4.44. The maximum Gasteiger partial charge on any atom is 0.346 e. The van der Waals surface area contributed by atoms with Gasteiger partial charge < -0.3 is 10.0 Å². The number of carboxylic acids is 1. The number of aliphatic carboxylic acids is 1. The number of rotatable bonds is 11. The fraction of sp³-hybridized carbons (Fsp3) is 0.167. The fourth-order valence-corrected chi connectivity index (χ4v) is 6.95. The van der Waals surface area contributed by atoms with Gasteiger partial charge >= 0.3 is 5.97 Å². The first-order chi connectivity index (χ1) is 20.5. The lowest BCUT2D eigenvalue weighted by molar-refractivity contribution is -0.132. The second-order valence-corrected chi connectivity index (χ2v) is 12.3. The van der Waals surface area contributed by atoms with Gasteiger partial charge in [-0.1, -0.05) is 63.1 Å². The van der Waals surface area contributed by atoms with Gasteiger partial charge in [0.25, 0.3) is 0 Å². The molecule has 0 unspecified atom stereocenters. The minimum absolute atomic E-state index is 0.266. The van der Waals surface area contributed by atoms with E-state index in [0.717, 1.165) is 67.8 Å². The van der Waals surface area contributed by atoms with Crippen molar-refractivity contribution in [3.63, 3.8) is 0 Å². The highest BCUT2D eigenvalue weighted by Crippen LogP contribution is 2.40. The number of thiophene rings is 2. The molecule has 0 aliphatic rings. The summed E-state index contributed by atoms with van der Waals surface area (Å²) < 4.78 is 0. The molecule has 5 rings (SSSR count). The Bertz CT molecular complexity index is 1670. The molecular weight excluding hydrogens is 557 g/mol. The molecule has 1 N–H and O–H groups in total. The van der Waals surface area contributed by atoms with Crippen LogP contribution in [-0.4, -0.2) is 11.1 Å². The van der Waals surface area contributed by atoms with Crippen LogP contribution < -0.4 is 4.90 Å². The third kappa shape index (κ3) is 6.71. The van der Waals surface area contributed by atoms with E-state index < -0.39 is 5.97 Å². The first kappa shape index (κ1) is 29.1. The largest absolute Gasteiger partial charge is 0.477 e. The van der Waals surface area contributed by atoms with E-state index in [2.05, 4.69) is 104 Å². The topological polar surface area (TPSA) is 64.3 Å². The lowest BCUT2D eigenvalue weighted by atomic mass is 10.1. The van der Waals surface area contributed by atoms with Crippen molar-refractivity contribution in [1.29, 1.82) is 5.26 Å². The van der Waals surface area contributed by atoms with Crippen LogP contribution in [0.4, 0.5) is 17.1 Å². The maximum atomic E-state index is 11.2. The highest BCUT2D eigenvalue weighted by molar-refractivity contribution is 7.24. The van der Waals surface area contributed by atoms with Crippen molar-refractivity contribution in [3.05, 3.63) is 119 Å². The Morgan fingerprint density at radius 1 is 0.714 bits per heavy atom. The summed E-state index contributed by atoms with van der Waals surface area (Å²) >= 11 is 3.18. The number of hydrogen-bond acceptors (Lipinski definition) is 5. The molecule has 0 saturated heterocycles. The monoisotopic (exact) mass is 588 g/mol. The molecule has 0 fully saturated rings. The van der Waals surface area contributed by atoms with Crippen molar-refractivity contribution < 1.29 is 9.90 Å². The molecule has 4 nitrogen and oxygen atoms in total. The Labute approximate surface area is 255 Å². The van der Waals surface area contributed by atoms with Crippen LogP contribution in [0.25, 0.3) is 26.3 Å². The second kappa shape index (κ2) is 13.5. The second-order valence-electron chi connectivity index (χ2n) is 10.1. The Kier molecular flexibility index (Phi) is 9.33. The summed E-state index contributed by atoms with van der Waals surface area (Å²) in [5.74, 6) is -1.21. The standard InChI is InChI=1S/C36H32N2O2S2/c1-3-5-25-7-13-29(14-8-25)38(30-15-9-26(6-4-2)10-16-30)31-17-11-27(12-18-31)33-21-22-35(42-33)34-20-19-32(41-34)23-28(24-37)36(39)40/h7-23H,3-6H2,1-2H3,(H,39,40)/b28-23+. The molecule has 0 aliphatic carbocycles. The maximum absolute atomic E-state index is 11.2. The molecule has 0 atom stereocenters. The average Bonchev–Trinajstić information content (AvgIpc) is 3.69. The molecule has 0 spiro atoms. The molecule has 2 heterocycles. The summed E-state index contributed by atoms with van der Waals surface area (Å²) in [7, 11) is 0. The molecule has 3 aromatic carbocycles. The van der Waals surface area contributed by atoms with Crippen molar-refractivity contribution in [2.24, 2.45) is 0 Å². The molecule has 42 heavy (non-hydrogen) atoms. The van der Waals surface area contributed by atoms with Crippen LogP contribution in [0.2, 0.25) is 0 Å². The third-order valence-electron chi connectivity index (χ3n) is 6.99. The van der Waals surface area contributed by atoms with Crippen molar-refractivity contribution in [1.82, 2.24) is 0 Å². The van der Waals surface area contributed by atoms with Crippen molar-refractivity contribution >= 4 is 51.8 Å². The minimum Gasteiger partial charge on any atom is -0.477 e. The Balaban J connectivity index is 1.42. The van der Waals surface area contributed by atoms with E-state index in [1.165, 1.54) is 28.5 Å². The van der Waals surface area contributed by atoms with Gasteiger partial charge in [-0.2, -0.15) is 5.26 Å². The van der Waals surface area contributed by atoms with Gasteiger partial charge in [-0.05, 0) is 96.3 Å². The average molecular weight is 589 g/mol. The highest BCUT2D eigenvalue weighted by Gasteiger charge is 2.14. The van der Waals surface area contributed by atoms with E-state index in [1.807, 2.05) is 12.1 Å². The zero-order valence-corrected chi connectivity index (χ0v) is 25.3. The predicted octanol–water partition coefficient (Wildman–Crippen LogP) is 10.5. The first-order valence-corrected chi connectivity index (χ1v) is 15.8. The van der Waals surface area contributed by atoms with Crippen molar-refractivity contribution in [2.75, 3.05) is 4.90 Å². The van der Waals surface area contributed by atoms with Gasteiger partial charge in [-0.3, -0.25) is 0 Å².